The summed E-state index contributed by atoms with van der Waals surface area (Å²) in [4.78, 5) is 14.6. The van der Waals surface area contributed by atoms with Crippen molar-refractivity contribution < 1.29 is 9.53 Å². The summed E-state index contributed by atoms with van der Waals surface area (Å²) in [5.41, 5.74) is 0.829. The first-order valence-corrected chi connectivity index (χ1v) is 11.9. The Hall–Kier alpha value is -2.06. The summed E-state index contributed by atoms with van der Waals surface area (Å²) in [5, 5.41) is 12.8. The van der Waals surface area contributed by atoms with Crippen LogP contribution in [0, 0.1) is 5.92 Å². The van der Waals surface area contributed by atoms with E-state index in [1.807, 2.05) is 30.3 Å². The van der Waals surface area contributed by atoms with Crippen molar-refractivity contribution >= 4 is 29.3 Å². The largest absolute Gasteiger partial charge is 0.376 e. The van der Waals surface area contributed by atoms with Crippen LogP contribution in [0.15, 0.2) is 35.5 Å². The summed E-state index contributed by atoms with van der Waals surface area (Å²) < 4.78 is 8.10. The minimum atomic E-state index is 0.0177. The molecule has 162 valence electrons. The molecular formula is C22H31N5O2S. The highest BCUT2D eigenvalue weighted by molar-refractivity contribution is 7.99. The first-order chi connectivity index (χ1) is 14.7. The lowest BCUT2D eigenvalue weighted by Gasteiger charge is -2.31. The van der Waals surface area contributed by atoms with Gasteiger partial charge < -0.3 is 15.0 Å². The van der Waals surface area contributed by atoms with Crippen LogP contribution in [0.3, 0.4) is 0 Å². The van der Waals surface area contributed by atoms with Gasteiger partial charge in [-0.05, 0) is 43.7 Å². The Bertz CT molecular complexity index is 814. The average molecular weight is 430 g/mol. The molecule has 2 aromatic rings. The zero-order chi connectivity index (χ0) is 20.8. The van der Waals surface area contributed by atoms with E-state index in [-0.39, 0.29) is 12.0 Å². The second-order valence-corrected chi connectivity index (χ2v) is 9.27. The van der Waals surface area contributed by atoms with Crippen LogP contribution in [0.4, 0.5) is 11.6 Å². The highest BCUT2D eigenvalue weighted by Crippen LogP contribution is 2.28. The maximum Gasteiger partial charge on any atom is 0.228 e. The van der Waals surface area contributed by atoms with E-state index < -0.39 is 0 Å². The number of hydrogen-bond donors (Lipinski definition) is 1. The highest BCUT2D eigenvalue weighted by Gasteiger charge is 2.26. The fourth-order valence-corrected chi connectivity index (χ4v) is 4.84. The Kier molecular flexibility index (Phi) is 7.28. The van der Waals surface area contributed by atoms with Crippen LogP contribution in [0.5, 0.6) is 0 Å². The van der Waals surface area contributed by atoms with Crippen molar-refractivity contribution in [1.82, 2.24) is 14.8 Å². The first kappa shape index (κ1) is 21.2. The van der Waals surface area contributed by atoms with E-state index in [2.05, 4.69) is 31.9 Å². The smallest absolute Gasteiger partial charge is 0.228 e. The zero-order valence-corrected chi connectivity index (χ0v) is 18.4. The first-order valence-electron chi connectivity index (χ1n) is 11.0. The van der Waals surface area contributed by atoms with Crippen LogP contribution in [0.1, 0.15) is 39.0 Å². The molecule has 1 aromatic carbocycles. The molecule has 1 aromatic heterocycles. The molecule has 0 bridgehead atoms. The lowest BCUT2D eigenvalue weighted by atomic mass is 10.00. The number of benzene rings is 1. The maximum atomic E-state index is 12.3. The van der Waals surface area contributed by atoms with E-state index in [0.717, 1.165) is 61.8 Å². The number of anilines is 2. The molecule has 2 aliphatic heterocycles. The number of rotatable bonds is 8. The quantitative estimate of drug-likeness (QED) is 0.643. The molecule has 4 rings (SSSR count). The number of hydrogen-bond acceptors (Lipinski definition) is 6. The summed E-state index contributed by atoms with van der Waals surface area (Å²) in [6.07, 6.45) is 5.24. The van der Waals surface area contributed by atoms with Gasteiger partial charge in [-0.25, -0.2) is 0 Å². The molecule has 1 atom stereocenters. The molecule has 8 heteroatoms. The lowest BCUT2D eigenvalue weighted by Crippen LogP contribution is -2.35. The van der Waals surface area contributed by atoms with Crippen molar-refractivity contribution in [3.63, 3.8) is 0 Å². The summed E-state index contributed by atoms with van der Waals surface area (Å²) >= 11 is 1.60. The number of thioether (sulfide) groups is 1. The van der Waals surface area contributed by atoms with E-state index in [4.69, 9.17) is 4.74 Å². The number of nitrogens with one attached hydrogen (secondary N) is 1. The molecule has 30 heavy (non-hydrogen) atoms. The van der Waals surface area contributed by atoms with E-state index in [1.54, 1.807) is 11.8 Å². The lowest BCUT2D eigenvalue weighted by molar-refractivity contribution is -0.115. The normalized spacial score (nSPS) is 19.9. The van der Waals surface area contributed by atoms with Gasteiger partial charge in [0.1, 0.15) is 0 Å². The van der Waals surface area contributed by atoms with Gasteiger partial charge in [0.15, 0.2) is 5.16 Å². The third-order valence-corrected chi connectivity index (χ3v) is 6.76. The third kappa shape index (κ3) is 5.55. The Morgan fingerprint density at radius 3 is 2.73 bits per heavy atom. The van der Waals surface area contributed by atoms with Gasteiger partial charge in [0.25, 0.3) is 0 Å². The number of carbonyl (C=O) groups excluding carboxylic acids is 1. The van der Waals surface area contributed by atoms with Gasteiger partial charge in [0, 0.05) is 37.6 Å². The molecule has 0 spiro atoms. The number of para-hydroxylation sites is 1. The van der Waals surface area contributed by atoms with E-state index >= 15 is 0 Å². The third-order valence-electron chi connectivity index (χ3n) is 5.79. The van der Waals surface area contributed by atoms with Crippen molar-refractivity contribution in [2.75, 3.05) is 35.7 Å². The predicted octanol–water partition coefficient (Wildman–Crippen LogP) is 3.81. The van der Waals surface area contributed by atoms with Crippen LogP contribution in [-0.2, 0) is 16.1 Å². The summed E-state index contributed by atoms with van der Waals surface area (Å²) in [6, 6.07) is 9.57. The summed E-state index contributed by atoms with van der Waals surface area (Å²) in [6.45, 7) is 5.98. The molecule has 1 unspecified atom stereocenters. The van der Waals surface area contributed by atoms with E-state index in [1.165, 1.54) is 12.8 Å². The second-order valence-electron chi connectivity index (χ2n) is 8.21. The second kappa shape index (κ2) is 10.3. The van der Waals surface area contributed by atoms with Gasteiger partial charge in [-0.3, -0.25) is 9.36 Å². The number of nitrogens with zero attached hydrogens (tertiary/aromatic N) is 4. The topological polar surface area (TPSA) is 72.3 Å². The predicted molar refractivity (Wildman–Crippen MR) is 120 cm³/mol. The summed E-state index contributed by atoms with van der Waals surface area (Å²) in [7, 11) is 0. The monoisotopic (exact) mass is 429 g/mol. The van der Waals surface area contributed by atoms with Crippen molar-refractivity contribution in [2.45, 2.75) is 56.8 Å². The van der Waals surface area contributed by atoms with Crippen LogP contribution < -0.4 is 10.2 Å². The average Bonchev–Trinajstić information content (AvgIpc) is 3.40. The molecule has 0 saturated carbocycles. The fourth-order valence-electron chi connectivity index (χ4n) is 3.96. The molecule has 2 saturated heterocycles. The van der Waals surface area contributed by atoms with E-state index in [0.29, 0.717) is 12.2 Å². The molecular weight excluding hydrogens is 398 g/mol. The Morgan fingerprint density at radius 2 is 2.00 bits per heavy atom. The minimum Gasteiger partial charge on any atom is -0.376 e. The van der Waals surface area contributed by atoms with Crippen LogP contribution in [0.2, 0.25) is 0 Å². The molecule has 1 amide bonds. The molecule has 1 N–H and O–H groups in total. The van der Waals surface area contributed by atoms with Gasteiger partial charge in [-0.2, -0.15) is 0 Å². The van der Waals surface area contributed by atoms with Crippen molar-refractivity contribution in [1.29, 1.82) is 0 Å². The standard InChI is InChI=1S/C22H31N5O2S/c1-17-9-12-26(13-10-17)21-24-25-22(27(21)16-19-8-5-14-29-19)30-15-11-20(28)23-18-6-3-2-4-7-18/h2-4,6-7,17,19H,5,8-16H2,1H3,(H,23,28). The van der Waals surface area contributed by atoms with Crippen molar-refractivity contribution in [2.24, 2.45) is 5.92 Å². The molecule has 0 aliphatic carbocycles. The number of piperidine rings is 1. The van der Waals surface area contributed by atoms with Crippen LogP contribution >= 0.6 is 11.8 Å². The van der Waals surface area contributed by atoms with Crippen LogP contribution in [0.25, 0.3) is 0 Å². The number of aromatic nitrogens is 3. The molecule has 2 aliphatic rings. The number of amides is 1. The van der Waals surface area contributed by atoms with Crippen LogP contribution in [-0.4, -0.2) is 52.2 Å². The maximum absolute atomic E-state index is 12.3. The van der Waals surface area contributed by atoms with E-state index in [9.17, 15) is 4.79 Å². The van der Waals surface area contributed by atoms with Gasteiger partial charge >= 0.3 is 0 Å². The molecule has 7 nitrogen and oxygen atoms in total. The molecule has 3 heterocycles. The number of ether oxygens (including phenoxy) is 1. The van der Waals surface area contributed by atoms with Gasteiger partial charge in [-0.15, -0.1) is 10.2 Å². The Balaban J connectivity index is 1.38. The molecule has 0 radical (unpaired) electrons. The molecule has 2 fully saturated rings. The van der Waals surface area contributed by atoms with Crippen molar-refractivity contribution in [3.05, 3.63) is 30.3 Å². The van der Waals surface area contributed by atoms with Gasteiger partial charge in [0.05, 0.1) is 12.6 Å². The summed E-state index contributed by atoms with van der Waals surface area (Å²) in [5.74, 6) is 2.41. The van der Waals surface area contributed by atoms with Gasteiger partial charge in [-0.1, -0.05) is 36.9 Å². The zero-order valence-electron chi connectivity index (χ0n) is 17.6. The van der Waals surface area contributed by atoms with Crippen molar-refractivity contribution in [3.8, 4) is 0 Å². The van der Waals surface area contributed by atoms with Gasteiger partial charge in [0.2, 0.25) is 11.9 Å². The Labute approximate surface area is 182 Å². The highest BCUT2D eigenvalue weighted by atomic mass is 32.2. The Morgan fingerprint density at radius 1 is 1.20 bits per heavy atom. The fraction of sp³-hybridized carbons (Fsp3) is 0.591. The SMILES string of the molecule is CC1CCN(c2nnc(SCCC(=O)Nc3ccccc3)n2CC2CCCO2)CC1. The minimum absolute atomic E-state index is 0.0177. The number of carbonyl (C=O) groups is 1.